The summed E-state index contributed by atoms with van der Waals surface area (Å²) in [7, 11) is -3.74. The van der Waals surface area contributed by atoms with Crippen LogP contribution in [0, 0.1) is 0 Å². The van der Waals surface area contributed by atoms with E-state index in [-0.39, 0.29) is 24.8 Å². The lowest BCUT2D eigenvalue weighted by atomic mass is 10.0. The van der Waals surface area contributed by atoms with Gasteiger partial charge in [0, 0.05) is 6.54 Å². The molecule has 2 aromatic rings. The highest BCUT2D eigenvalue weighted by Crippen LogP contribution is 2.32. The summed E-state index contributed by atoms with van der Waals surface area (Å²) in [5.41, 5.74) is 1.88. The number of carbonyl (C=O) groups excluding carboxylic acids is 1. The van der Waals surface area contributed by atoms with Crippen molar-refractivity contribution in [2.75, 3.05) is 13.3 Å². The average Bonchev–Trinajstić information content (AvgIpc) is 3.12. The fourth-order valence-corrected chi connectivity index (χ4v) is 3.57. The molecule has 0 saturated carbocycles. The lowest BCUT2D eigenvalue weighted by Crippen LogP contribution is -2.36. The van der Waals surface area contributed by atoms with Crippen molar-refractivity contribution in [3.05, 3.63) is 53.6 Å². The molecule has 2 N–H and O–H groups in total. The first kappa shape index (κ1) is 19.2. The molecule has 8 heteroatoms. The SMILES string of the molecule is CC(C)c1ccc(S(=O)(=O)NCC(=O)NCc2ccc3c(c2)OCO3)cc1. The zero-order chi connectivity index (χ0) is 19.4. The Bertz CT molecular complexity index is 924. The summed E-state index contributed by atoms with van der Waals surface area (Å²) >= 11 is 0. The second-order valence-corrected chi connectivity index (χ2v) is 8.28. The maximum absolute atomic E-state index is 12.3. The molecule has 0 saturated heterocycles. The number of rotatable bonds is 7. The third kappa shape index (κ3) is 4.78. The topological polar surface area (TPSA) is 93.7 Å². The number of ether oxygens (including phenoxy) is 2. The van der Waals surface area contributed by atoms with Gasteiger partial charge in [0.15, 0.2) is 11.5 Å². The van der Waals surface area contributed by atoms with Crippen molar-refractivity contribution in [1.82, 2.24) is 10.0 Å². The van der Waals surface area contributed by atoms with Crippen LogP contribution in [0.3, 0.4) is 0 Å². The molecule has 144 valence electrons. The average molecular weight is 390 g/mol. The predicted octanol–water partition coefficient (Wildman–Crippen LogP) is 2.13. The number of hydrogen-bond donors (Lipinski definition) is 2. The van der Waals surface area contributed by atoms with E-state index in [9.17, 15) is 13.2 Å². The van der Waals surface area contributed by atoms with E-state index >= 15 is 0 Å². The molecule has 0 radical (unpaired) electrons. The summed E-state index contributed by atoms with van der Waals surface area (Å²) < 4.78 is 37.4. The Balaban J connectivity index is 1.52. The number of benzene rings is 2. The third-order valence-corrected chi connectivity index (χ3v) is 5.62. The maximum atomic E-state index is 12.3. The number of amides is 1. The summed E-state index contributed by atoms with van der Waals surface area (Å²) in [6, 6.07) is 12.0. The van der Waals surface area contributed by atoms with E-state index < -0.39 is 15.9 Å². The molecule has 1 aliphatic rings. The molecule has 3 rings (SSSR count). The van der Waals surface area contributed by atoms with Crippen LogP contribution in [0.4, 0.5) is 0 Å². The maximum Gasteiger partial charge on any atom is 0.241 e. The normalized spacial score (nSPS) is 13.0. The molecule has 0 atom stereocenters. The lowest BCUT2D eigenvalue weighted by Gasteiger charge is -2.10. The van der Waals surface area contributed by atoms with E-state index in [4.69, 9.17) is 9.47 Å². The van der Waals surface area contributed by atoms with Crippen LogP contribution < -0.4 is 19.5 Å². The van der Waals surface area contributed by atoms with Crippen molar-refractivity contribution < 1.29 is 22.7 Å². The van der Waals surface area contributed by atoms with Gasteiger partial charge in [-0.15, -0.1) is 0 Å². The van der Waals surface area contributed by atoms with Crippen LogP contribution in [0.5, 0.6) is 11.5 Å². The zero-order valence-corrected chi connectivity index (χ0v) is 16.0. The fraction of sp³-hybridized carbons (Fsp3) is 0.316. The minimum absolute atomic E-state index is 0.135. The Morgan fingerprint density at radius 3 is 2.48 bits per heavy atom. The summed E-state index contributed by atoms with van der Waals surface area (Å²) in [4.78, 5) is 12.1. The fourth-order valence-electron chi connectivity index (χ4n) is 2.59. The Kier molecular flexibility index (Phi) is 5.67. The smallest absolute Gasteiger partial charge is 0.241 e. The standard InChI is InChI=1S/C19H22N2O5S/c1-13(2)15-4-6-16(7-5-15)27(23,24)21-11-19(22)20-10-14-3-8-17-18(9-14)26-12-25-17/h3-9,13,21H,10-12H2,1-2H3,(H,20,22). The van der Waals surface area contributed by atoms with Crippen LogP contribution in [0.15, 0.2) is 47.4 Å². The first-order chi connectivity index (χ1) is 12.8. The molecule has 0 unspecified atom stereocenters. The molecule has 0 spiro atoms. The molecule has 0 aromatic heterocycles. The summed E-state index contributed by atoms with van der Waals surface area (Å²) in [5.74, 6) is 1.19. The molecule has 0 bridgehead atoms. The van der Waals surface area contributed by atoms with Crippen molar-refractivity contribution in [3.8, 4) is 11.5 Å². The second kappa shape index (κ2) is 7.98. The van der Waals surface area contributed by atoms with Gasteiger partial charge in [-0.1, -0.05) is 32.0 Å². The van der Waals surface area contributed by atoms with Crippen LogP contribution in [0.25, 0.3) is 0 Å². The predicted molar refractivity (Wildman–Crippen MR) is 100 cm³/mol. The van der Waals surface area contributed by atoms with Gasteiger partial charge in [-0.25, -0.2) is 13.1 Å². The highest BCUT2D eigenvalue weighted by atomic mass is 32.2. The first-order valence-corrected chi connectivity index (χ1v) is 10.1. The Labute approximate surface area is 158 Å². The largest absolute Gasteiger partial charge is 0.454 e. The van der Waals surface area contributed by atoms with Crippen LogP contribution >= 0.6 is 0 Å². The highest BCUT2D eigenvalue weighted by Gasteiger charge is 2.16. The number of sulfonamides is 1. The Morgan fingerprint density at radius 1 is 1.07 bits per heavy atom. The van der Waals surface area contributed by atoms with Crippen LogP contribution in [-0.4, -0.2) is 27.7 Å². The van der Waals surface area contributed by atoms with Gasteiger partial charge in [0.05, 0.1) is 11.4 Å². The molecule has 0 aliphatic carbocycles. The first-order valence-electron chi connectivity index (χ1n) is 8.60. The number of nitrogens with one attached hydrogen (secondary N) is 2. The van der Waals surface area contributed by atoms with Crippen molar-refractivity contribution in [1.29, 1.82) is 0 Å². The van der Waals surface area contributed by atoms with Gasteiger partial charge in [-0.3, -0.25) is 4.79 Å². The Morgan fingerprint density at radius 2 is 1.78 bits per heavy atom. The number of carbonyl (C=O) groups is 1. The number of hydrogen-bond acceptors (Lipinski definition) is 5. The van der Waals surface area contributed by atoms with E-state index in [2.05, 4.69) is 10.0 Å². The molecule has 2 aromatic carbocycles. The molecular weight excluding hydrogens is 368 g/mol. The molecule has 7 nitrogen and oxygen atoms in total. The van der Waals surface area contributed by atoms with Gasteiger partial charge >= 0.3 is 0 Å². The van der Waals surface area contributed by atoms with Gasteiger partial charge in [0.1, 0.15) is 0 Å². The summed E-state index contributed by atoms with van der Waals surface area (Å²) in [6.07, 6.45) is 0. The van der Waals surface area contributed by atoms with Crippen LogP contribution in [0.1, 0.15) is 30.9 Å². The van der Waals surface area contributed by atoms with Crippen molar-refractivity contribution in [2.45, 2.75) is 31.2 Å². The van der Waals surface area contributed by atoms with Gasteiger partial charge in [0.2, 0.25) is 22.7 Å². The molecule has 1 aliphatic heterocycles. The van der Waals surface area contributed by atoms with E-state index in [1.807, 2.05) is 19.9 Å². The monoisotopic (exact) mass is 390 g/mol. The summed E-state index contributed by atoms with van der Waals surface area (Å²) in [6.45, 7) is 4.18. The Hall–Kier alpha value is -2.58. The third-order valence-electron chi connectivity index (χ3n) is 4.21. The zero-order valence-electron chi connectivity index (χ0n) is 15.2. The van der Waals surface area contributed by atoms with E-state index in [1.54, 1.807) is 36.4 Å². The van der Waals surface area contributed by atoms with Gasteiger partial charge in [0.25, 0.3) is 0 Å². The quantitative estimate of drug-likeness (QED) is 0.755. The molecular formula is C19H22N2O5S. The van der Waals surface area contributed by atoms with Gasteiger partial charge in [-0.2, -0.15) is 0 Å². The van der Waals surface area contributed by atoms with Crippen LogP contribution in [-0.2, 0) is 21.4 Å². The highest BCUT2D eigenvalue weighted by molar-refractivity contribution is 7.89. The molecule has 0 fully saturated rings. The minimum atomic E-state index is -3.74. The van der Waals surface area contributed by atoms with Gasteiger partial charge < -0.3 is 14.8 Å². The lowest BCUT2D eigenvalue weighted by molar-refractivity contribution is -0.120. The van der Waals surface area contributed by atoms with Crippen molar-refractivity contribution in [3.63, 3.8) is 0 Å². The van der Waals surface area contributed by atoms with Crippen molar-refractivity contribution in [2.24, 2.45) is 0 Å². The number of fused-ring (bicyclic) bond motifs is 1. The van der Waals surface area contributed by atoms with E-state index in [0.717, 1.165) is 11.1 Å². The van der Waals surface area contributed by atoms with E-state index in [0.29, 0.717) is 17.4 Å². The van der Waals surface area contributed by atoms with Crippen molar-refractivity contribution >= 4 is 15.9 Å². The van der Waals surface area contributed by atoms with Crippen LogP contribution in [0.2, 0.25) is 0 Å². The second-order valence-electron chi connectivity index (χ2n) is 6.51. The van der Waals surface area contributed by atoms with Gasteiger partial charge in [-0.05, 0) is 41.3 Å². The molecule has 1 amide bonds. The summed E-state index contributed by atoms with van der Waals surface area (Å²) in [5, 5.41) is 2.68. The molecule has 27 heavy (non-hydrogen) atoms. The van der Waals surface area contributed by atoms with E-state index in [1.165, 1.54) is 0 Å². The molecule has 1 heterocycles. The minimum Gasteiger partial charge on any atom is -0.454 e.